The Morgan fingerprint density at radius 1 is 1.20 bits per heavy atom. The number of benzene rings is 1. The first-order valence-electron chi connectivity index (χ1n) is 7.92. The molecule has 1 heterocycles. The molecule has 0 N–H and O–H groups in total. The SMILES string of the molecule is CN(Cc1cccnc1)C(=O)CCCOc1ccc(S(C)(=O)=O)cc1. The van der Waals surface area contributed by atoms with Crippen molar-refractivity contribution in [2.45, 2.75) is 24.3 Å². The van der Waals surface area contributed by atoms with Gasteiger partial charge in [-0.1, -0.05) is 6.07 Å². The molecule has 6 nitrogen and oxygen atoms in total. The van der Waals surface area contributed by atoms with E-state index in [9.17, 15) is 13.2 Å². The lowest BCUT2D eigenvalue weighted by atomic mass is 10.2. The number of aromatic nitrogens is 1. The van der Waals surface area contributed by atoms with Gasteiger partial charge in [0.25, 0.3) is 0 Å². The number of hydrogen-bond donors (Lipinski definition) is 0. The van der Waals surface area contributed by atoms with Crippen LogP contribution in [-0.2, 0) is 21.2 Å². The molecule has 134 valence electrons. The van der Waals surface area contributed by atoms with Crippen molar-refractivity contribution in [3.63, 3.8) is 0 Å². The maximum Gasteiger partial charge on any atom is 0.222 e. The first-order valence-corrected chi connectivity index (χ1v) is 9.81. The van der Waals surface area contributed by atoms with Crippen molar-refractivity contribution in [1.82, 2.24) is 9.88 Å². The van der Waals surface area contributed by atoms with Gasteiger partial charge in [0.2, 0.25) is 5.91 Å². The lowest BCUT2D eigenvalue weighted by Crippen LogP contribution is -2.26. The first-order chi connectivity index (χ1) is 11.9. The van der Waals surface area contributed by atoms with Crippen LogP contribution in [0.4, 0.5) is 0 Å². The highest BCUT2D eigenvalue weighted by atomic mass is 32.2. The Morgan fingerprint density at radius 2 is 1.92 bits per heavy atom. The van der Waals surface area contributed by atoms with Crippen LogP contribution in [-0.4, -0.2) is 44.1 Å². The zero-order chi connectivity index (χ0) is 18.3. The molecule has 0 atom stereocenters. The normalized spacial score (nSPS) is 11.1. The maximum atomic E-state index is 12.1. The molecule has 25 heavy (non-hydrogen) atoms. The van der Waals surface area contributed by atoms with E-state index in [0.29, 0.717) is 31.7 Å². The Labute approximate surface area is 148 Å². The molecule has 0 unspecified atom stereocenters. The van der Waals surface area contributed by atoms with Crippen molar-refractivity contribution in [3.8, 4) is 5.75 Å². The van der Waals surface area contributed by atoms with E-state index >= 15 is 0 Å². The predicted octanol–water partition coefficient (Wildman–Crippen LogP) is 2.30. The number of ether oxygens (including phenoxy) is 1. The zero-order valence-corrected chi connectivity index (χ0v) is 15.2. The van der Waals surface area contributed by atoms with E-state index in [-0.39, 0.29) is 10.8 Å². The van der Waals surface area contributed by atoms with Crippen molar-refractivity contribution in [2.24, 2.45) is 0 Å². The lowest BCUT2D eigenvalue weighted by molar-refractivity contribution is -0.130. The van der Waals surface area contributed by atoms with Crippen molar-refractivity contribution in [2.75, 3.05) is 19.9 Å². The van der Waals surface area contributed by atoms with Crippen molar-refractivity contribution in [1.29, 1.82) is 0 Å². The van der Waals surface area contributed by atoms with E-state index in [0.717, 1.165) is 11.8 Å². The summed E-state index contributed by atoms with van der Waals surface area (Å²) in [7, 11) is -1.44. The number of nitrogens with zero attached hydrogens (tertiary/aromatic N) is 2. The summed E-state index contributed by atoms with van der Waals surface area (Å²) >= 11 is 0. The number of carbonyl (C=O) groups is 1. The van der Waals surface area contributed by atoms with Crippen LogP contribution in [0, 0.1) is 0 Å². The summed E-state index contributed by atoms with van der Waals surface area (Å²) in [5.41, 5.74) is 0.987. The summed E-state index contributed by atoms with van der Waals surface area (Å²) in [5.74, 6) is 0.628. The van der Waals surface area contributed by atoms with Gasteiger partial charge in [0.1, 0.15) is 5.75 Å². The fourth-order valence-electron chi connectivity index (χ4n) is 2.24. The van der Waals surface area contributed by atoms with Gasteiger partial charge < -0.3 is 9.64 Å². The second-order valence-electron chi connectivity index (χ2n) is 5.81. The Morgan fingerprint density at radius 3 is 2.52 bits per heavy atom. The molecule has 1 aromatic carbocycles. The third-order valence-electron chi connectivity index (χ3n) is 3.62. The van der Waals surface area contributed by atoms with Crippen LogP contribution in [0.5, 0.6) is 5.75 Å². The van der Waals surface area contributed by atoms with Gasteiger partial charge in [-0.25, -0.2) is 8.42 Å². The molecule has 0 aliphatic heterocycles. The van der Waals surface area contributed by atoms with Crippen LogP contribution in [0.15, 0.2) is 53.7 Å². The lowest BCUT2D eigenvalue weighted by Gasteiger charge is -2.17. The molecule has 1 aromatic heterocycles. The van der Waals surface area contributed by atoms with E-state index in [1.807, 2.05) is 12.1 Å². The zero-order valence-electron chi connectivity index (χ0n) is 14.4. The van der Waals surface area contributed by atoms with Crippen LogP contribution in [0.1, 0.15) is 18.4 Å². The Bertz CT molecular complexity index is 790. The van der Waals surface area contributed by atoms with Crippen LogP contribution in [0.3, 0.4) is 0 Å². The minimum absolute atomic E-state index is 0.0416. The fraction of sp³-hybridized carbons (Fsp3) is 0.333. The quantitative estimate of drug-likeness (QED) is 0.674. The standard InChI is InChI=1S/C18H22N2O4S/c1-20(14-15-5-3-11-19-13-15)18(21)6-4-12-24-16-7-9-17(10-8-16)25(2,22)23/h3,5,7-11,13H,4,6,12,14H2,1-2H3. The number of hydrogen-bond acceptors (Lipinski definition) is 5. The topological polar surface area (TPSA) is 76.6 Å². The molecule has 0 saturated heterocycles. The maximum absolute atomic E-state index is 12.1. The van der Waals surface area contributed by atoms with Gasteiger partial charge in [-0.3, -0.25) is 9.78 Å². The molecular formula is C18H22N2O4S. The van der Waals surface area contributed by atoms with Gasteiger partial charge in [0.15, 0.2) is 9.84 Å². The van der Waals surface area contributed by atoms with E-state index < -0.39 is 9.84 Å². The Balaban J connectivity index is 1.72. The van der Waals surface area contributed by atoms with Crippen LogP contribution >= 0.6 is 0 Å². The van der Waals surface area contributed by atoms with E-state index in [1.54, 1.807) is 36.5 Å². The number of sulfone groups is 1. The van der Waals surface area contributed by atoms with Gasteiger partial charge >= 0.3 is 0 Å². The summed E-state index contributed by atoms with van der Waals surface area (Å²) in [6, 6.07) is 10.0. The molecule has 0 bridgehead atoms. The molecule has 2 aromatic rings. The number of amides is 1. The molecule has 0 aliphatic carbocycles. The second kappa shape index (κ2) is 8.62. The van der Waals surface area contributed by atoms with Crippen molar-refractivity contribution in [3.05, 3.63) is 54.4 Å². The molecule has 7 heteroatoms. The minimum atomic E-state index is -3.20. The molecule has 1 amide bonds. The average Bonchev–Trinajstić information content (AvgIpc) is 2.59. The Kier molecular flexibility index (Phi) is 6.52. The number of carbonyl (C=O) groups excluding carboxylic acids is 1. The summed E-state index contributed by atoms with van der Waals surface area (Å²) in [6.45, 7) is 0.922. The summed E-state index contributed by atoms with van der Waals surface area (Å²) in [4.78, 5) is 18.0. The van der Waals surface area contributed by atoms with Crippen molar-refractivity contribution < 1.29 is 17.9 Å². The van der Waals surface area contributed by atoms with Crippen LogP contribution < -0.4 is 4.74 Å². The first kappa shape index (κ1) is 18.9. The molecule has 0 spiro atoms. The molecule has 2 rings (SSSR count). The molecule has 0 aliphatic rings. The molecule has 0 radical (unpaired) electrons. The van der Waals surface area contributed by atoms with Gasteiger partial charge in [0.05, 0.1) is 11.5 Å². The monoisotopic (exact) mass is 362 g/mol. The number of pyridine rings is 1. The highest BCUT2D eigenvalue weighted by molar-refractivity contribution is 7.90. The largest absolute Gasteiger partial charge is 0.494 e. The van der Waals surface area contributed by atoms with Gasteiger partial charge in [0, 0.05) is 38.7 Å². The Hall–Kier alpha value is -2.41. The fourth-order valence-corrected chi connectivity index (χ4v) is 2.87. The van der Waals surface area contributed by atoms with Gasteiger partial charge in [-0.2, -0.15) is 0 Å². The summed E-state index contributed by atoms with van der Waals surface area (Å²) in [6.07, 6.45) is 5.58. The van der Waals surface area contributed by atoms with Crippen LogP contribution in [0.2, 0.25) is 0 Å². The van der Waals surface area contributed by atoms with Crippen LogP contribution in [0.25, 0.3) is 0 Å². The molecule has 0 fully saturated rings. The highest BCUT2D eigenvalue weighted by Crippen LogP contribution is 2.16. The third-order valence-corrected chi connectivity index (χ3v) is 4.75. The highest BCUT2D eigenvalue weighted by Gasteiger charge is 2.10. The van der Waals surface area contributed by atoms with E-state index in [1.165, 1.54) is 12.1 Å². The average molecular weight is 362 g/mol. The van der Waals surface area contributed by atoms with Crippen molar-refractivity contribution >= 4 is 15.7 Å². The summed E-state index contributed by atoms with van der Waals surface area (Å²) < 4.78 is 28.3. The van der Waals surface area contributed by atoms with Gasteiger partial charge in [-0.05, 0) is 42.3 Å². The van der Waals surface area contributed by atoms with Gasteiger partial charge in [-0.15, -0.1) is 0 Å². The molecular weight excluding hydrogens is 340 g/mol. The third kappa shape index (κ3) is 6.19. The minimum Gasteiger partial charge on any atom is -0.494 e. The number of rotatable bonds is 8. The summed E-state index contributed by atoms with van der Waals surface area (Å²) in [5, 5.41) is 0. The smallest absolute Gasteiger partial charge is 0.222 e. The molecule has 0 saturated carbocycles. The second-order valence-corrected chi connectivity index (χ2v) is 7.82. The predicted molar refractivity (Wildman–Crippen MR) is 95.0 cm³/mol. The van der Waals surface area contributed by atoms with E-state index in [4.69, 9.17) is 4.74 Å². The van der Waals surface area contributed by atoms with E-state index in [2.05, 4.69) is 4.98 Å².